The molecule has 2 nitrogen and oxygen atoms in total. The number of ether oxygens (including phenoxy) is 1. The number of nitrogens with zero attached hydrogens (tertiary/aromatic N) is 1. The van der Waals surface area contributed by atoms with Gasteiger partial charge in [-0.15, -0.1) is 0 Å². The van der Waals surface area contributed by atoms with Gasteiger partial charge in [0.1, 0.15) is 5.82 Å². The summed E-state index contributed by atoms with van der Waals surface area (Å²) < 4.78 is 19.3. The molecule has 0 spiro atoms. The van der Waals surface area contributed by atoms with E-state index >= 15 is 0 Å². The van der Waals surface area contributed by atoms with Gasteiger partial charge in [0, 0.05) is 12.7 Å². The van der Waals surface area contributed by atoms with Gasteiger partial charge in [-0.25, -0.2) is 4.39 Å². The van der Waals surface area contributed by atoms with Crippen LogP contribution in [0.3, 0.4) is 0 Å². The molecule has 0 aromatic heterocycles. The van der Waals surface area contributed by atoms with Gasteiger partial charge in [0.05, 0.1) is 12.2 Å². The van der Waals surface area contributed by atoms with Crippen LogP contribution in [0.5, 0.6) is 0 Å². The zero-order valence-corrected chi connectivity index (χ0v) is 14.9. The molecule has 1 aromatic carbocycles. The van der Waals surface area contributed by atoms with Crippen molar-refractivity contribution in [1.29, 1.82) is 5.26 Å². The molecular weight excluding hydrogens is 313 g/mol. The molecule has 0 N–H and O–H groups in total. The van der Waals surface area contributed by atoms with Gasteiger partial charge in [-0.1, -0.05) is 18.2 Å². The quantitative estimate of drug-likeness (QED) is 0.638. The third-order valence-corrected chi connectivity index (χ3v) is 5.92. The summed E-state index contributed by atoms with van der Waals surface area (Å²) in [5, 5.41) is 8.61. The van der Waals surface area contributed by atoms with E-state index in [2.05, 4.69) is 12.1 Å². The van der Waals surface area contributed by atoms with Crippen LogP contribution >= 0.6 is 0 Å². The van der Waals surface area contributed by atoms with E-state index in [1.807, 2.05) is 12.1 Å². The average molecular weight is 341 g/mol. The van der Waals surface area contributed by atoms with Crippen molar-refractivity contribution < 1.29 is 9.13 Å². The van der Waals surface area contributed by atoms with Crippen LogP contribution in [0.25, 0.3) is 0 Å². The second-order valence-electron chi connectivity index (χ2n) is 7.63. The third kappa shape index (κ3) is 5.41. The Labute approximate surface area is 150 Å². The Morgan fingerprint density at radius 1 is 1.00 bits per heavy atom. The lowest BCUT2D eigenvalue weighted by molar-refractivity contribution is -0.00337. The minimum absolute atomic E-state index is 0.154. The molecule has 0 amide bonds. The molecule has 3 heteroatoms. The lowest BCUT2D eigenvalue weighted by Gasteiger charge is -2.32. The summed E-state index contributed by atoms with van der Waals surface area (Å²) in [5.74, 6) is 1.67. The lowest BCUT2D eigenvalue weighted by Crippen LogP contribution is -2.25. The number of nitriles is 1. The molecule has 3 rings (SSSR count). The molecule has 0 bridgehead atoms. The largest absolute Gasteiger partial charge is 0.378 e. The van der Waals surface area contributed by atoms with Gasteiger partial charge in [0.15, 0.2) is 0 Å². The van der Waals surface area contributed by atoms with Crippen molar-refractivity contribution in [2.45, 2.75) is 63.4 Å². The van der Waals surface area contributed by atoms with Crippen LogP contribution in [-0.2, 0) is 4.74 Å². The predicted octanol–water partition coefficient (Wildman–Crippen LogP) is 5.75. The van der Waals surface area contributed by atoms with Crippen LogP contribution in [0.4, 0.5) is 4.39 Å². The first-order valence-electron chi connectivity index (χ1n) is 9.68. The highest BCUT2D eigenvalue weighted by Crippen LogP contribution is 2.35. The molecule has 2 fully saturated rings. The smallest absolute Gasteiger partial charge is 0.123 e. The Morgan fingerprint density at radius 3 is 2.32 bits per heavy atom. The van der Waals surface area contributed by atoms with Gasteiger partial charge in [-0.05, 0) is 86.8 Å². The second-order valence-corrected chi connectivity index (χ2v) is 7.63. The van der Waals surface area contributed by atoms with Crippen molar-refractivity contribution in [1.82, 2.24) is 0 Å². The highest BCUT2D eigenvalue weighted by molar-refractivity contribution is 5.21. The highest BCUT2D eigenvalue weighted by atomic mass is 19.1. The van der Waals surface area contributed by atoms with E-state index in [0.717, 1.165) is 32.3 Å². The van der Waals surface area contributed by atoms with E-state index in [-0.39, 0.29) is 5.82 Å². The van der Waals surface area contributed by atoms with Crippen LogP contribution in [0.15, 0.2) is 36.4 Å². The van der Waals surface area contributed by atoms with Crippen LogP contribution < -0.4 is 0 Å². The normalized spacial score (nSPS) is 30.2. The Balaban J connectivity index is 1.35. The number of hydrogen-bond acceptors (Lipinski definition) is 2. The zero-order chi connectivity index (χ0) is 17.5. The van der Waals surface area contributed by atoms with Crippen molar-refractivity contribution in [2.75, 3.05) is 6.61 Å². The molecule has 0 atom stereocenters. The van der Waals surface area contributed by atoms with Crippen molar-refractivity contribution in [3.8, 4) is 6.07 Å². The molecule has 2 aliphatic rings. The number of rotatable bonds is 5. The molecule has 2 saturated carbocycles. The molecule has 2 aliphatic carbocycles. The van der Waals surface area contributed by atoms with E-state index < -0.39 is 0 Å². The first kappa shape index (κ1) is 18.1. The van der Waals surface area contributed by atoms with Crippen LogP contribution in [-0.4, -0.2) is 12.7 Å². The van der Waals surface area contributed by atoms with E-state index in [0.29, 0.717) is 23.9 Å². The Hall–Kier alpha value is -1.66. The SMILES string of the molecule is N#CC=CC1CCC(COC2CCC(c3ccc(F)cc3)CC2)CC1. The lowest BCUT2D eigenvalue weighted by atomic mass is 9.81. The maximum absolute atomic E-state index is 13.0. The summed E-state index contributed by atoms with van der Waals surface area (Å²) in [5.41, 5.74) is 1.27. The molecule has 0 heterocycles. The Bertz CT molecular complexity index is 587. The summed E-state index contributed by atoms with van der Waals surface area (Å²) in [7, 11) is 0. The van der Waals surface area contributed by atoms with Crippen LogP contribution in [0.1, 0.15) is 62.8 Å². The van der Waals surface area contributed by atoms with Gasteiger partial charge in [-0.2, -0.15) is 5.26 Å². The number of hydrogen-bond donors (Lipinski definition) is 0. The zero-order valence-electron chi connectivity index (χ0n) is 14.9. The molecule has 0 unspecified atom stereocenters. The minimum Gasteiger partial charge on any atom is -0.378 e. The van der Waals surface area contributed by atoms with Gasteiger partial charge in [0.25, 0.3) is 0 Å². The first-order valence-corrected chi connectivity index (χ1v) is 9.68. The Morgan fingerprint density at radius 2 is 1.68 bits per heavy atom. The fourth-order valence-corrected chi connectivity index (χ4v) is 4.30. The van der Waals surface area contributed by atoms with E-state index in [4.69, 9.17) is 10.00 Å². The summed E-state index contributed by atoms with van der Waals surface area (Å²) in [6.45, 7) is 0.889. The summed E-state index contributed by atoms with van der Waals surface area (Å²) in [6.07, 6.45) is 13.4. The molecule has 0 aliphatic heterocycles. The van der Waals surface area contributed by atoms with Crippen molar-refractivity contribution in [3.05, 3.63) is 47.8 Å². The number of halogens is 1. The molecule has 0 saturated heterocycles. The van der Waals surface area contributed by atoms with Crippen molar-refractivity contribution in [2.24, 2.45) is 11.8 Å². The van der Waals surface area contributed by atoms with Crippen LogP contribution in [0, 0.1) is 29.0 Å². The van der Waals surface area contributed by atoms with E-state index in [9.17, 15) is 4.39 Å². The molecule has 1 aromatic rings. The maximum Gasteiger partial charge on any atom is 0.123 e. The summed E-state index contributed by atoms with van der Waals surface area (Å²) in [6, 6.07) is 9.09. The predicted molar refractivity (Wildman–Crippen MR) is 97.6 cm³/mol. The highest BCUT2D eigenvalue weighted by Gasteiger charge is 2.25. The molecule has 134 valence electrons. The Kier molecular flexibility index (Phi) is 6.64. The monoisotopic (exact) mass is 341 g/mol. The van der Waals surface area contributed by atoms with E-state index in [1.54, 1.807) is 18.2 Å². The summed E-state index contributed by atoms with van der Waals surface area (Å²) >= 11 is 0. The van der Waals surface area contributed by atoms with Gasteiger partial charge in [-0.3, -0.25) is 0 Å². The van der Waals surface area contributed by atoms with Gasteiger partial charge >= 0.3 is 0 Å². The number of benzene rings is 1. The topological polar surface area (TPSA) is 33.0 Å². The standard InChI is InChI=1S/C22H28FNO/c23-21-11-7-19(8-12-21)20-9-13-22(14-10-20)25-16-18-5-3-17(4-6-18)2-1-15-24/h1-2,7-8,11-12,17-18,20,22H,3-6,9-10,13-14,16H2. The maximum atomic E-state index is 13.0. The van der Waals surface area contributed by atoms with Gasteiger partial charge < -0.3 is 4.74 Å². The molecule has 25 heavy (non-hydrogen) atoms. The summed E-state index contributed by atoms with van der Waals surface area (Å²) in [4.78, 5) is 0. The van der Waals surface area contributed by atoms with E-state index in [1.165, 1.54) is 31.2 Å². The average Bonchev–Trinajstić information content (AvgIpc) is 2.67. The fourth-order valence-electron chi connectivity index (χ4n) is 4.30. The first-order chi connectivity index (χ1) is 12.2. The third-order valence-electron chi connectivity index (χ3n) is 5.92. The van der Waals surface area contributed by atoms with Crippen LogP contribution in [0.2, 0.25) is 0 Å². The fraction of sp³-hybridized carbons (Fsp3) is 0.591. The molecular formula is C22H28FNO. The second kappa shape index (κ2) is 9.15. The van der Waals surface area contributed by atoms with Gasteiger partial charge in [0.2, 0.25) is 0 Å². The molecule has 0 radical (unpaired) electrons. The van der Waals surface area contributed by atoms with Crippen molar-refractivity contribution in [3.63, 3.8) is 0 Å². The van der Waals surface area contributed by atoms with Crippen molar-refractivity contribution >= 4 is 0 Å². The number of allylic oxidation sites excluding steroid dienone is 2. The minimum atomic E-state index is -0.154.